The number of aryl methyl sites for hydroxylation is 2. The Morgan fingerprint density at radius 1 is 1.18 bits per heavy atom. The van der Waals surface area contributed by atoms with E-state index in [9.17, 15) is 14.9 Å². The van der Waals surface area contributed by atoms with E-state index in [2.05, 4.69) is 6.92 Å². The molecule has 0 amide bonds. The summed E-state index contributed by atoms with van der Waals surface area (Å²) in [6.45, 7) is 3.73. The highest BCUT2D eigenvalue weighted by Crippen LogP contribution is 2.20. The monoisotopic (exact) mass is 295 g/mol. The molecule has 0 radical (unpaired) electrons. The van der Waals surface area contributed by atoms with E-state index in [0.29, 0.717) is 11.1 Å². The van der Waals surface area contributed by atoms with Crippen molar-refractivity contribution in [3.05, 3.63) is 80.9 Å². The van der Waals surface area contributed by atoms with Crippen LogP contribution in [0.1, 0.15) is 34.0 Å². The second-order valence-corrected chi connectivity index (χ2v) is 5.05. The number of rotatable bonds is 5. The highest BCUT2D eigenvalue weighted by atomic mass is 16.6. The van der Waals surface area contributed by atoms with Gasteiger partial charge in [-0.05, 0) is 30.5 Å². The Morgan fingerprint density at radius 2 is 1.86 bits per heavy atom. The summed E-state index contributed by atoms with van der Waals surface area (Å²) < 4.78 is 0. The summed E-state index contributed by atoms with van der Waals surface area (Å²) in [5.74, 6) is -0.248. The van der Waals surface area contributed by atoms with Crippen LogP contribution in [0.2, 0.25) is 0 Å². The molecule has 0 fully saturated rings. The Kier molecular flexibility index (Phi) is 4.84. The van der Waals surface area contributed by atoms with E-state index in [0.717, 1.165) is 12.0 Å². The van der Waals surface area contributed by atoms with Crippen molar-refractivity contribution in [1.82, 2.24) is 0 Å². The summed E-state index contributed by atoms with van der Waals surface area (Å²) in [4.78, 5) is 22.6. The molecule has 22 heavy (non-hydrogen) atoms. The maximum absolute atomic E-state index is 12.1. The molecule has 112 valence electrons. The maximum atomic E-state index is 12.1. The highest BCUT2D eigenvalue weighted by molar-refractivity contribution is 6.07. The number of hydrogen-bond donors (Lipinski definition) is 0. The zero-order valence-corrected chi connectivity index (χ0v) is 12.6. The molecule has 0 unspecified atom stereocenters. The largest absolute Gasteiger partial charge is 0.289 e. The van der Waals surface area contributed by atoms with E-state index < -0.39 is 4.92 Å². The summed E-state index contributed by atoms with van der Waals surface area (Å²) >= 11 is 0. The van der Waals surface area contributed by atoms with Gasteiger partial charge in [0.2, 0.25) is 0 Å². The molecule has 4 heteroatoms. The Bertz CT molecular complexity index is 730. The SMILES string of the molecule is CCc1ccc(/C=C/C(=O)c2ccc(C)c([N+](=O)[O-])c2)cc1. The fourth-order valence-corrected chi connectivity index (χ4v) is 2.09. The third kappa shape index (κ3) is 3.67. The van der Waals surface area contributed by atoms with E-state index in [1.165, 1.54) is 17.7 Å². The first-order chi connectivity index (χ1) is 10.5. The zero-order valence-electron chi connectivity index (χ0n) is 12.6. The molecule has 0 aromatic heterocycles. The Balaban J connectivity index is 2.19. The van der Waals surface area contributed by atoms with Gasteiger partial charge in [-0.2, -0.15) is 0 Å². The quantitative estimate of drug-likeness (QED) is 0.356. The molecular formula is C18H17NO3. The van der Waals surface area contributed by atoms with Gasteiger partial charge in [-0.15, -0.1) is 0 Å². The van der Waals surface area contributed by atoms with Crippen LogP contribution in [0.4, 0.5) is 5.69 Å². The van der Waals surface area contributed by atoms with Gasteiger partial charge in [0.1, 0.15) is 0 Å². The smallest absolute Gasteiger partial charge is 0.273 e. The first kappa shape index (κ1) is 15.6. The normalized spacial score (nSPS) is 10.8. The second-order valence-electron chi connectivity index (χ2n) is 5.05. The van der Waals surface area contributed by atoms with E-state index >= 15 is 0 Å². The number of allylic oxidation sites excluding steroid dienone is 1. The summed E-state index contributed by atoms with van der Waals surface area (Å²) in [5, 5.41) is 10.9. The minimum Gasteiger partial charge on any atom is -0.289 e. The van der Waals surface area contributed by atoms with Crippen molar-refractivity contribution in [2.75, 3.05) is 0 Å². The van der Waals surface area contributed by atoms with Crippen molar-refractivity contribution in [2.24, 2.45) is 0 Å². The average molecular weight is 295 g/mol. The molecule has 0 aliphatic carbocycles. The number of ketones is 1. The Morgan fingerprint density at radius 3 is 2.45 bits per heavy atom. The van der Waals surface area contributed by atoms with Gasteiger partial charge >= 0.3 is 0 Å². The van der Waals surface area contributed by atoms with Crippen molar-refractivity contribution in [3.63, 3.8) is 0 Å². The van der Waals surface area contributed by atoms with Gasteiger partial charge in [0.25, 0.3) is 5.69 Å². The molecule has 4 nitrogen and oxygen atoms in total. The van der Waals surface area contributed by atoms with Gasteiger partial charge in [-0.3, -0.25) is 14.9 Å². The first-order valence-corrected chi connectivity index (χ1v) is 7.07. The lowest BCUT2D eigenvalue weighted by Crippen LogP contribution is -1.98. The number of nitro groups is 1. The van der Waals surface area contributed by atoms with Crippen LogP contribution in [0, 0.1) is 17.0 Å². The molecule has 2 aromatic carbocycles. The molecule has 0 aliphatic heterocycles. The maximum Gasteiger partial charge on any atom is 0.273 e. The minimum absolute atomic E-state index is 0.0356. The van der Waals surface area contributed by atoms with Crippen molar-refractivity contribution >= 4 is 17.5 Å². The molecule has 0 spiro atoms. The van der Waals surface area contributed by atoms with Gasteiger partial charge < -0.3 is 0 Å². The van der Waals surface area contributed by atoms with Crippen LogP contribution in [0.5, 0.6) is 0 Å². The number of carbonyl (C=O) groups is 1. The fourth-order valence-electron chi connectivity index (χ4n) is 2.09. The number of hydrogen-bond acceptors (Lipinski definition) is 3. The lowest BCUT2D eigenvalue weighted by molar-refractivity contribution is -0.385. The number of benzene rings is 2. The van der Waals surface area contributed by atoms with Crippen molar-refractivity contribution in [2.45, 2.75) is 20.3 Å². The minimum atomic E-state index is -0.473. The highest BCUT2D eigenvalue weighted by Gasteiger charge is 2.13. The standard InChI is InChI=1S/C18H17NO3/c1-3-14-5-7-15(8-6-14)9-11-18(20)16-10-4-13(2)17(12-16)19(21)22/h4-12H,3H2,1-2H3/b11-9+. The number of carbonyl (C=O) groups excluding carboxylic acids is 1. The number of nitro benzene ring substituents is 1. The topological polar surface area (TPSA) is 60.2 Å². The van der Waals surface area contributed by atoms with E-state index in [1.807, 2.05) is 24.3 Å². The van der Waals surface area contributed by atoms with Crippen LogP contribution in [0.15, 0.2) is 48.5 Å². The second kappa shape index (κ2) is 6.80. The van der Waals surface area contributed by atoms with Gasteiger partial charge in [-0.25, -0.2) is 0 Å². The summed E-state index contributed by atoms with van der Waals surface area (Å²) in [6, 6.07) is 12.4. The number of nitrogens with zero attached hydrogens (tertiary/aromatic N) is 1. The molecule has 2 aromatic rings. The molecule has 0 atom stereocenters. The first-order valence-electron chi connectivity index (χ1n) is 7.07. The Labute approximate surface area is 129 Å². The van der Waals surface area contributed by atoms with E-state index in [1.54, 1.807) is 25.1 Å². The molecule has 0 bridgehead atoms. The Hall–Kier alpha value is -2.75. The molecule has 0 aliphatic rings. The molecule has 0 saturated carbocycles. The van der Waals surface area contributed by atoms with Gasteiger partial charge in [-0.1, -0.05) is 49.4 Å². The lowest BCUT2D eigenvalue weighted by atomic mass is 10.0. The van der Waals surface area contributed by atoms with Crippen molar-refractivity contribution < 1.29 is 9.72 Å². The van der Waals surface area contributed by atoms with Crippen LogP contribution < -0.4 is 0 Å². The summed E-state index contributed by atoms with van der Waals surface area (Å²) in [5.41, 5.74) is 2.98. The molecule has 0 saturated heterocycles. The predicted molar refractivity (Wildman–Crippen MR) is 87.0 cm³/mol. The summed E-state index contributed by atoms with van der Waals surface area (Å²) in [6.07, 6.45) is 4.12. The predicted octanol–water partition coefficient (Wildman–Crippen LogP) is 4.36. The van der Waals surface area contributed by atoms with Gasteiger partial charge in [0.05, 0.1) is 4.92 Å². The van der Waals surface area contributed by atoms with Crippen LogP contribution in [0.25, 0.3) is 6.08 Å². The van der Waals surface area contributed by atoms with Crippen molar-refractivity contribution in [1.29, 1.82) is 0 Å². The molecular weight excluding hydrogens is 278 g/mol. The van der Waals surface area contributed by atoms with E-state index in [-0.39, 0.29) is 11.5 Å². The third-order valence-electron chi connectivity index (χ3n) is 3.51. The van der Waals surface area contributed by atoms with Crippen LogP contribution in [-0.2, 0) is 6.42 Å². The zero-order chi connectivity index (χ0) is 16.1. The average Bonchev–Trinajstić information content (AvgIpc) is 2.53. The fraction of sp³-hybridized carbons (Fsp3) is 0.167. The molecule has 0 heterocycles. The van der Waals surface area contributed by atoms with Crippen LogP contribution in [-0.4, -0.2) is 10.7 Å². The van der Waals surface area contributed by atoms with Gasteiger partial charge in [0, 0.05) is 17.2 Å². The van der Waals surface area contributed by atoms with Crippen LogP contribution in [0.3, 0.4) is 0 Å². The molecule has 2 rings (SSSR count). The van der Waals surface area contributed by atoms with Crippen molar-refractivity contribution in [3.8, 4) is 0 Å². The summed E-state index contributed by atoms with van der Waals surface area (Å²) in [7, 11) is 0. The lowest BCUT2D eigenvalue weighted by Gasteiger charge is -2.00. The third-order valence-corrected chi connectivity index (χ3v) is 3.51. The molecule has 0 N–H and O–H groups in total. The van der Waals surface area contributed by atoms with Crippen LogP contribution >= 0.6 is 0 Å². The van der Waals surface area contributed by atoms with E-state index in [4.69, 9.17) is 0 Å². The van der Waals surface area contributed by atoms with Gasteiger partial charge in [0.15, 0.2) is 5.78 Å².